The molecule has 0 bridgehead atoms. The molecule has 0 unspecified atom stereocenters. The van der Waals surface area contributed by atoms with Crippen molar-refractivity contribution < 1.29 is 8.83 Å². The Morgan fingerprint density at radius 1 is 0.358 bits per heavy atom. The standard InChI is InChI=1S/C47H26N4O2/c1-2-12-29-26-37-35(25-28(29)11-1)30-17-7-13-27-14-8-20-36(42(27)30)51(37)47-49-45(33-18-9-23-40-43(33)31-15-3-5-21-38(31)52-40)48-46(50-47)34-19-10-24-41-44(34)32-16-4-6-22-39(32)53-41/h1-26H. The number of hydrogen-bond donors (Lipinski definition) is 0. The molecule has 11 aromatic rings. The number of anilines is 3. The van der Waals surface area contributed by atoms with E-state index in [-0.39, 0.29) is 0 Å². The topological polar surface area (TPSA) is 68.2 Å². The fourth-order valence-electron chi connectivity index (χ4n) is 8.33. The Labute approximate surface area is 302 Å². The third-order valence-corrected chi connectivity index (χ3v) is 10.6. The summed E-state index contributed by atoms with van der Waals surface area (Å²) in [7, 11) is 0. The van der Waals surface area contributed by atoms with E-state index in [9.17, 15) is 0 Å². The maximum absolute atomic E-state index is 6.34. The predicted octanol–water partition coefficient (Wildman–Crippen LogP) is 12.8. The van der Waals surface area contributed by atoms with Gasteiger partial charge in [0.2, 0.25) is 5.95 Å². The van der Waals surface area contributed by atoms with Crippen LogP contribution in [-0.2, 0) is 0 Å². The SMILES string of the molecule is c1ccc2cc3c(cc2c1)-c1cccc2cccc(c12)N3c1nc(-c2cccc3oc4ccccc4c23)nc(-c2cccc3oc4ccccc4c23)n1. The van der Waals surface area contributed by atoms with Crippen LogP contribution in [0.1, 0.15) is 0 Å². The first-order chi connectivity index (χ1) is 26.3. The van der Waals surface area contributed by atoms with Crippen LogP contribution in [0.5, 0.6) is 0 Å². The van der Waals surface area contributed by atoms with Gasteiger partial charge >= 0.3 is 0 Å². The molecule has 12 rings (SSSR count). The van der Waals surface area contributed by atoms with Crippen LogP contribution >= 0.6 is 0 Å². The van der Waals surface area contributed by atoms with E-state index < -0.39 is 0 Å². The molecule has 1 aliphatic heterocycles. The van der Waals surface area contributed by atoms with E-state index in [0.717, 1.165) is 88.1 Å². The highest BCUT2D eigenvalue weighted by molar-refractivity contribution is 6.16. The molecule has 0 saturated carbocycles. The highest BCUT2D eigenvalue weighted by Crippen LogP contribution is 2.52. The molecule has 3 aromatic heterocycles. The molecule has 6 nitrogen and oxygen atoms in total. The largest absolute Gasteiger partial charge is 0.456 e. The second-order valence-electron chi connectivity index (χ2n) is 13.6. The number of rotatable bonds is 3. The van der Waals surface area contributed by atoms with E-state index in [2.05, 4.69) is 102 Å². The third kappa shape index (κ3) is 4.06. The fourth-order valence-corrected chi connectivity index (χ4v) is 8.33. The number of nitrogens with zero attached hydrogens (tertiary/aromatic N) is 4. The lowest BCUT2D eigenvalue weighted by Gasteiger charge is -2.32. The van der Waals surface area contributed by atoms with Crippen LogP contribution in [0.2, 0.25) is 0 Å². The minimum atomic E-state index is 0.526. The zero-order chi connectivity index (χ0) is 34.6. The molecular weight excluding hydrogens is 653 g/mol. The maximum Gasteiger partial charge on any atom is 0.238 e. The number of furan rings is 2. The Bertz CT molecular complexity index is 3180. The number of fused-ring (bicyclic) bond motifs is 9. The lowest BCUT2D eigenvalue weighted by atomic mass is 9.90. The van der Waals surface area contributed by atoms with Gasteiger partial charge < -0.3 is 8.83 Å². The summed E-state index contributed by atoms with van der Waals surface area (Å²) in [4.78, 5) is 18.3. The lowest BCUT2D eigenvalue weighted by molar-refractivity contribution is 0.668. The highest BCUT2D eigenvalue weighted by atomic mass is 16.3. The third-order valence-electron chi connectivity index (χ3n) is 10.6. The molecule has 0 saturated heterocycles. The van der Waals surface area contributed by atoms with Crippen molar-refractivity contribution in [2.75, 3.05) is 4.90 Å². The van der Waals surface area contributed by atoms with Crippen molar-refractivity contribution in [2.24, 2.45) is 0 Å². The van der Waals surface area contributed by atoms with Crippen molar-refractivity contribution in [3.63, 3.8) is 0 Å². The summed E-state index contributed by atoms with van der Waals surface area (Å²) in [5.74, 6) is 1.64. The maximum atomic E-state index is 6.34. The van der Waals surface area contributed by atoms with Crippen LogP contribution in [0.25, 0.3) is 99.3 Å². The Hall–Kier alpha value is -7.31. The van der Waals surface area contributed by atoms with Crippen LogP contribution in [-0.4, -0.2) is 15.0 Å². The minimum Gasteiger partial charge on any atom is -0.456 e. The van der Waals surface area contributed by atoms with Gasteiger partial charge in [0.1, 0.15) is 22.3 Å². The van der Waals surface area contributed by atoms with Crippen molar-refractivity contribution >= 4 is 82.7 Å². The zero-order valence-corrected chi connectivity index (χ0v) is 28.1. The van der Waals surface area contributed by atoms with E-state index in [1.165, 1.54) is 10.9 Å². The molecule has 1 aliphatic rings. The molecule has 246 valence electrons. The van der Waals surface area contributed by atoms with Gasteiger partial charge in [-0.3, -0.25) is 4.90 Å². The van der Waals surface area contributed by atoms with Crippen molar-refractivity contribution in [1.82, 2.24) is 15.0 Å². The van der Waals surface area contributed by atoms with Gasteiger partial charge in [-0.15, -0.1) is 0 Å². The molecule has 0 aliphatic carbocycles. The van der Waals surface area contributed by atoms with Gasteiger partial charge in [-0.25, -0.2) is 4.98 Å². The summed E-state index contributed by atoms with van der Waals surface area (Å²) < 4.78 is 12.7. The number of hydrogen-bond acceptors (Lipinski definition) is 6. The fraction of sp³-hybridized carbons (Fsp3) is 0. The summed E-state index contributed by atoms with van der Waals surface area (Å²) in [5.41, 5.74) is 9.29. The number of benzene rings is 8. The molecule has 0 amide bonds. The highest BCUT2D eigenvalue weighted by Gasteiger charge is 2.30. The van der Waals surface area contributed by atoms with Gasteiger partial charge in [-0.2, -0.15) is 9.97 Å². The first kappa shape index (κ1) is 28.4. The molecule has 4 heterocycles. The normalized spacial score (nSPS) is 12.5. The van der Waals surface area contributed by atoms with Gasteiger partial charge in [0, 0.05) is 43.6 Å². The molecule has 6 heteroatoms. The monoisotopic (exact) mass is 678 g/mol. The van der Waals surface area contributed by atoms with Gasteiger partial charge in [-0.1, -0.05) is 115 Å². The van der Waals surface area contributed by atoms with Crippen LogP contribution in [0.15, 0.2) is 167 Å². The van der Waals surface area contributed by atoms with Crippen LogP contribution < -0.4 is 4.90 Å². The van der Waals surface area contributed by atoms with Crippen molar-refractivity contribution in [3.8, 4) is 33.9 Å². The van der Waals surface area contributed by atoms with Crippen LogP contribution in [0, 0.1) is 0 Å². The quantitative estimate of drug-likeness (QED) is 0.185. The molecule has 0 N–H and O–H groups in total. The van der Waals surface area contributed by atoms with Crippen LogP contribution in [0.3, 0.4) is 0 Å². The van der Waals surface area contributed by atoms with Crippen molar-refractivity contribution in [1.29, 1.82) is 0 Å². The van der Waals surface area contributed by atoms with Crippen molar-refractivity contribution in [3.05, 3.63) is 158 Å². The average molecular weight is 679 g/mol. The van der Waals surface area contributed by atoms with Gasteiger partial charge in [0.05, 0.1) is 11.4 Å². The van der Waals surface area contributed by atoms with E-state index in [1.807, 2.05) is 60.7 Å². The summed E-state index contributed by atoms with van der Waals surface area (Å²) in [6, 6.07) is 54.5. The van der Waals surface area contributed by atoms with E-state index in [4.69, 9.17) is 23.8 Å². The van der Waals surface area contributed by atoms with Gasteiger partial charge in [-0.05, 0) is 64.2 Å². The molecular formula is C47H26N4O2. The lowest BCUT2D eigenvalue weighted by Crippen LogP contribution is -2.19. The van der Waals surface area contributed by atoms with Crippen LogP contribution in [0.4, 0.5) is 17.3 Å². The van der Waals surface area contributed by atoms with E-state index >= 15 is 0 Å². The minimum absolute atomic E-state index is 0.526. The molecule has 0 fully saturated rings. The second kappa shape index (κ2) is 10.6. The van der Waals surface area contributed by atoms with Gasteiger partial charge in [0.15, 0.2) is 11.6 Å². The zero-order valence-electron chi connectivity index (χ0n) is 28.1. The summed E-state index contributed by atoms with van der Waals surface area (Å²) in [5, 5.41) is 8.59. The van der Waals surface area contributed by atoms with E-state index in [0.29, 0.717) is 17.6 Å². The number of aromatic nitrogens is 3. The number of para-hydroxylation sites is 2. The Morgan fingerprint density at radius 3 is 1.53 bits per heavy atom. The first-order valence-electron chi connectivity index (χ1n) is 17.7. The smallest absolute Gasteiger partial charge is 0.238 e. The summed E-state index contributed by atoms with van der Waals surface area (Å²) >= 11 is 0. The average Bonchev–Trinajstić information content (AvgIpc) is 3.79. The van der Waals surface area contributed by atoms with Crippen molar-refractivity contribution in [2.45, 2.75) is 0 Å². The molecule has 53 heavy (non-hydrogen) atoms. The molecule has 0 radical (unpaired) electrons. The predicted molar refractivity (Wildman–Crippen MR) is 214 cm³/mol. The first-order valence-corrected chi connectivity index (χ1v) is 17.7. The summed E-state index contributed by atoms with van der Waals surface area (Å²) in [6.07, 6.45) is 0. The van der Waals surface area contributed by atoms with E-state index in [1.54, 1.807) is 0 Å². The molecule has 0 atom stereocenters. The second-order valence-corrected chi connectivity index (χ2v) is 13.6. The Balaban J connectivity index is 1.21. The summed E-state index contributed by atoms with van der Waals surface area (Å²) in [6.45, 7) is 0. The van der Waals surface area contributed by atoms with Gasteiger partial charge in [0.25, 0.3) is 0 Å². The Morgan fingerprint density at radius 2 is 0.868 bits per heavy atom. The Kier molecular flexibility index (Phi) is 5.68. The molecule has 0 spiro atoms. The molecule has 8 aromatic carbocycles.